The average molecular weight is 450 g/mol. The van der Waals surface area contributed by atoms with Crippen LogP contribution < -0.4 is 0 Å². The summed E-state index contributed by atoms with van der Waals surface area (Å²) in [6.45, 7) is 1.05. The van der Waals surface area contributed by atoms with Crippen molar-refractivity contribution in [2.75, 3.05) is 13.2 Å². The number of quaternary nitrogens is 1. The normalized spacial score (nSPS) is 23.4. The van der Waals surface area contributed by atoms with E-state index in [9.17, 15) is 22.8 Å². The first-order valence-corrected chi connectivity index (χ1v) is 10.6. The number of hydrogen-bond donors (Lipinski definition) is 0. The van der Waals surface area contributed by atoms with E-state index in [-0.39, 0.29) is 39.1 Å². The van der Waals surface area contributed by atoms with E-state index in [2.05, 4.69) is 0 Å². The number of esters is 1. The molecule has 172 valence electrons. The first kappa shape index (κ1) is 23.8. The predicted molar refractivity (Wildman–Crippen MR) is 111 cm³/mol. The maximum absolute atomic E-state index is 14.2. The van der Waals surface area contributed by atoms with E-state index in [1.54, 1.807) is 67.6 Å². The van der Waals surface area contributed by atoms with Gasteiger partial charge in [0.2, 0.25) is 0 Å². The summed E-state index contributed by atoms with van der Waals surface area (Å²) in [4.78, 5) is 25.8. The zero-order valence-electron chi connectivity index (χ0n) is 17.9. The lowest BCUT2D eigenvalue weighted by atomic mass is 9.89. The molecule has 3 unspecified atom stereocenters. The zero-order valence-corrected chi connectivity index (χ0v) is 17.9. The number of nitrogens with zero attached hydrogens (tertiary/aromatic N) is 1. The van der Waals surface area contributed by atoms with Gasteiger partial charge in [0, 0.05) is 12.0 Å². The number of carbonyl (C=O) groups is 2. The molecule has 0 spiro atoms. The summed E-state index contributed by atoms with van der Waals surface area (Å²) in [6.07, 6.45) is -5.99. The van der Waals surface area contributed by atoms with Crippen molar-refractivity contribution in [1.29, 1.82) is 0 Å². The number of likely N-dealkylation sites (tertiary alicyclic amines) is 1. The molecule has 0 N–H and O–H groups in total. The number of amides is 1. The minimum Gasteiger partial charge on any atom is -0.466 e. The standard InChI is InChI=1S/C24H27F3NO4/c1-2-31-22(29)20-13-14-21(24(25,26)27)28(16-20,15-18-9-5-3-6-10-18)23(30)32-17-19-11-7-4-8-12-19/h3-12,20-21H,2,13-17H2,1H3/q+1. The van der Waals surface area contributed by atoms with Gasteiger partial charge in [0.15, 0.2) is 6.04 Å². The molecular formula is C24H27F3NO4+. The Hall–Kier alpha value is -2.87. The minimum atomic E-state index is -4.64. The fourth-order valence-electron chi connectivity index (χ4n) is 4.31. The number of hydrogen-bond acceptors (Lipinski definition) is 4. The molecule has 1 aliphatic heterocycles. The molecule has 0 saturated carbocycles. The smallest absolute Gasteiger partial charge is 0.466 e. The monoisotopic (exact) mass is 450 g/mol. The number of halogens is 3. The molecule has 1 saturated heterocycles. The average Bonchev–Trinajstić information content (AvgIpc) is 2.78. The predicted octanol–water partition coefficient (Wildman–Crippen LogP) is 5.24. The van der Waals surface area contributed by atoms with Crippen LogP contribution in [-0.4, -0.2) is 41.9 Å². The van der Waals surface area contributed by atoms with Crippen LogP contribution in [0.1, 0.15) is 30.9 Å². The van der Waals surface area contributed by atoms with Crippen molar-refractivity contribution in [2.24, 2.45) is 5.92 Å². The van der Waals surface area contributed by atoms with Crippen molar-refractivity contribution in [1.82, 2.24) is 0 Å². The summed E-state index contributed by atoms with van der Waals surface area (Å²) in [5.41, 5.74) is 1.23. The van der Waals surface area contributed by atoms with Crippen LogP contribution in [0.2, 0.25) is 0 Å². The van der Waals surface area contributed by atoms with E-state index in [1.165, 1.54) is 0 Å². The van der Waals surface area contributed by atoms with Gasteiger partial charge in [0.05, 0.1) is 6.61 Å². The molecule has 32 heavy (non-hydrogen) atoms. The molecule has 1 aliphatic rings. The van der Waals surface area contributed by atoms with Gasteiger partial charge in [-0.15, -0.1) is 0 Å². The second-order valence-electron chi connectivity index (χ2n) is 7.98. The van der Waals surface area contributed by atoms with Crippen molar-refractivity contribution in [3.63, 3.8) is 0 Å². The van der Waals surface area contributed by atoms with E-state index in [4.69, 9.17) is 9.47 Å². The van der Waals surface area contributed by atoms with Gasteiger partial charge in [-0.1, -0.05) is 60.7 Å². The van der Waals surface area contributed by atoms with E-state index in [0.717, 1.165) is 0 Å². The molecule has 0 aliphatic carbocycles. The van der Waals surface area contributed by atoms with Crippen molar-refractivity contribution < 1.29 is 36.7 Å². The fraction of sp³-hybridized carbons (Fsp3) is 0.417. The van der Waals surface area contributed by atoms with Gasteiger partial charge in [-0.25, -0.2) is 4.48 Å². The van der Waals surface area contributed by atoms with E-state index < -0.39 is 34.7 Å². The number of piperidine rings is 1. The maximum Gasteiger partial charge on any atom is 0.517 e. The van der Waals surface area contributed by atoms with Crippen LogP contribution in [0.4, 0.5) is 18.0 Å². The molecular weight excluding hydrogens is 423 g/mol. The zero-order chi connectivity index (χ0) is 23.2. The fourth-order valence-corrected chi connectivity index (χ4v) is 4.31. The molecule has 1 fully saturated rings. The van der Waals surface area contributed by atoms with Crippen LogP contribution in [-0.2, 0) is 27.4 Å². The van der Waals surface area contributed by atoms with E-state index in [1.807, 2.05) is 0 Å². The molecule has 1 heterocycles. The van der Waals surface area contributed by atoms with Gasteiger partial charge >= 0.3 is 18.2 Å². The Kier molecular flexibility index (Phi) is 7.56. The van der Waals surface area contributed by atoms with Gasteiger partial charge in [-0.3, -0.25) is 4.79 Å². The maximum atomic E-state index is 14.2. The highest BCUT2D eigenvalue weighted by Gasteiger charge is 2.62. The highest BCUT2D eigenvalue weighted by molar-refractivity contribution is 5.73. The number of carbonyl (C=O) groups excluding carboxylic acids is 2. The molecule has 2 aromatic rings. The Balaban J connectivity index is 1.98. The summed E-state index contributed by atoms with van der Waals surface area (Å²) in [7, 11) is 0. The summed E-state index contributed by atoms with van der Waals surface area (Å²) in [6, 6.07) is 15.3. The molecule has 5 nitrogen and oxygen atoms in total. The molecule has 3 rings (SSSR count). The Morgan fingerprint density at radius 2 is 1.53 bits per heavy atom. The molecule has 8 heteroatoms. The lowest BCUT2D eigenvalue weighted by Crippen LogP contribution is -2.68. The molecule has 1 amide bonds. The third kappa shape index (κ3) is 5.48. The van der Waals surface area contributed by atoms with Gasteiger partial charge in [-0.05, 0) is 18.9 Å². The second kappa shape index (κ2) is 10.2. The Morgan fingerprint density at radius 3 is 2.09 bits per heavy atom. The van der Waals surface area contributed by atoms with Crippen LogP contribution in [0.25, 0.3) is 0 Å². The molecule has 0 aromatic heterocycles. The first-order valence-electron chi connectivity index (χ1n) is 10.6. The number of alkyl halides is 3. The molecule has 3 atom stereocenters. The van der Waals surface area contributed by atoms with Gasteiger partial charge < -0.3 is 9.47 Å². The van der Waals surface area contributed by atoms with Gasteiger partial charge in [0.1, 0.15) is 25.6 Å². The SMILES string of the molecule is CCOC(=O)C1CCC(C(F)(F)F)[N+](Cc2ccccc2)(C(=O)OCc2ccccc2)C1. The third-order valence-corrected chi connectivity index (χ3v) is 5.81. The van der Waals surface area contributed by atoms with Crippen LogP contribution in [0.5, 0.6) is 0 Å². The highest BCUT2D eigenvalue weighted by atomic mass is 19.4. The van der Waals surface area contributed by atoms with Crippen LogP contribution in [0.3, 0.4) is 0 Å². The Morgan fingerprint density at radius 1 is 0.938 bits per heavy atom. The van der Waals surface area contributed by atoms with Gasteiger partial charge in [-0.2, -0.15) is 18.0 Å². The van der Waals surface area contributed by atoms with Crippen LogP contribution in [0.15, 0.2) is 60.7 Å². The van der Waals surface area contributed by atoms with E-state index in [0.29, 0.717) is 11.1 Å². The summed E-state index contributed by atoms with van der Waals surface area (Å²) in [5, 5.41) is 0. The third-order valence-electron chi connectivity index (χ3n) is 5.81. The minimum absolute atomic E-state index is 0.00374. The van der Waals surface area contributed by atoms with Crippen LogP contribution >= 0.6 is 0 Å². The Labute approximate surface area is 185 Å². The summed E-state index contributed by atoms with van der Waals surface area (Å²) in [5.74, 6) is -1.40. The van der Waals surface area contributed by atoms with Crippen molar-refractivity contribution >= 4 is 12.1 Å². The highest BCUT2D eigenvalue weighted by Crippen LogP contribution is 2.41. The Bertz CT molecular complexity index is 904. The molecule has 0 radical (unpaired) electrons. The number of ether oxygens (including phenoxy) is 2. The molecule has 2 aromatic carbocycles. The van der Waals surface area contributed by atoms with Crippen molar-refractivity contribution in [2.45, 2.75) is 45.1 Å². The number of benzene rings is 2. The van der Waals surface area contributed by atoms with E-state index >= 15 is 0 Å². The number of rotatable bonds is 6. The lowest BCUT2D eigenvalue weighted by Gasteiger charge is -2.46. The van der Waals surface area contributed by atoms with Gasteiger partial charge in [0.25, 0.3) is 0 Å². The van der Waals surface area contributed by atoms with Crippen molar-refractivity contribution in [3.05, 3.63) is 71.8 Å². The topological polar surface area (TPSA) is 52.6 Å². The quantitative estimate of drug-likeness (QED) is 0.446. The van der Waals surface area contributed by atoms with Crippen LogP contribution in [0, 0.1) is 5.92 Å². The largest absolute Gasteiger partial charge is 0.517 e. The summed E-state index contributed by atoms with van der Waals surface area (Å²) < 4.78 is 52.1. The van der Waals surface area contributed by atoms with Crippen molar-refractivity contribution in [3.8, 4) is 0 Å². The first-order chi connectivity index (χ1) is 15.3. The lowest BCUT2D eigenvalue weighted by molar-refractivity contribution is -0.915. The summed E-state index contributed by atoms with van der Waals surface area (Å²) >= 11 is 0. The molecule has 0 bridgehead atoms. The second-order valence-corrected chi connectivity index (χ2v) is 7.98.